The second kappa shape index (κ2) is 5.52. The van der Waals surface area contributed by atoms with Crippen LogP contribution in [0.2, 0.25) is 0 Å². The second-order valence-corrected chi connectivity index (χ2v) is 5.18. The summed E-state index contributed by atoms with van der Waals surface area (Å²) in [6, 6.07) is 9.89. The molecule has 1 aromatic heterocycles. The number of aromatic hydroxyl groups is 1. The summed E-state index contributed by atoms with van der Waals surface area (Å²) in [7, 11) is 0. The molecular formula is C16H15FN2O2. The molecule has 1 aromatic carbocycles. The zero-order valence-electron chi connectivity index (χ0n) is 11.4. The van der Waals surface area contributed by atoms with Gasteiger partial charge in [0.05, 0.1) is 5.56 Å². The van der Waals surface area contributed by atoms with Crippen molar-refractivity contribution < 1.29 is 14.3 Å². The Kier molecular flexibility index (Phi) is 3.56. The van der Waals surface area contributed by atoms with Crippen molar-refractivity contribution in [2.75, 3.05) is 0 Å². The highest BCUT2D eigenvalue weighted by Crippen LogP contribution is 2.30. The molecule has 0 atom stereocenters. The number of phenols is 1. The topological polar surface area (TPSA) is 53.4 Å². The van der Waals surface area contributed by atoms with E-state index in [0.717, 1.165) is 18.4 Å². The van der Waals surface area contributed by atoms with E-state index in [1.165, 1.54) is 12.3 Å². The molecule has 4 nitrogen and oxygen atoms in total. The lowest BCUT2D eigenvalue weighted by Gasteiger charge is -2.22. The van der Waals surface area contributed by atoms with Gasteiger partial charge in [-0.15, -0.1) is 0 Å². The molecule has 3 rings (SSSR count). The molecule has 108 valence electrons. The number of phenolic OH excluding ortho intramolecular Hbond substituents is 1. The van der Waals surface area contributed by atoms with Gasteiger partial charge in [-0.1, -0.05) is 12.1 Å². The number of halogens is 1. The van der Waals surface area contributed by atoms with Gasteiger partial charge < -0.3 is 10.0 Å². The lowest BCUT2D eigenvalue weighted by Crippen LogP contribution is -2.33. The van der Waals surface area contributed by atoms with Crippen molar-refractivity contribution in [2.24, 2.45) is 0 Å². The van der Waals surface area contributed by atoms with E-state index < -0.39 is 5.95 Å². The van der Waals surface area contributed by atoms with Gasteiger partial charge in [0, 0.05) is 18.8 Å². The Morgan fingerprint density at radius 1 is 1.33 bits per heavy atom. The third-order valence-electron chi connectivity index (χ3n) is 3.50. The molecule has 0 aliphatic heterocycles. The monoisotopic (exact) mass is 286 g/mol. The summed E-state index contributed by atoms with van der Waals surface area (Å²) in [6.45, 7) is 0.353. The van der Waals surface area contributed by atoms with Crippen LogP contribution in [0.25, 0.3) is 0 Å². The lowest BCUT2D eigenvalue weighted by atomic mass is 10.1. The van der Waals surface area contributed by atoms with Crippen molar-refractivity contribution in [2.45, 2.75) is 25.4 Å². The predicted molar refractivity (Wildman–Crippen MR) is 75.2 cm³/mol. The van der Waals surface area contributed by atoms with Gasteiger partial charge in [-0.2, -0.15) is 4.39 Å². The molecule has 21 heavy (non-hydrogen) atoms. The number of pyridine rings is 1. The average Bonchev–Trinajstić information content (AvgIpc) is 3.29. The Hall–Kier alpha value is -2.43. The van der Waals surface area contributed by atoms with Gasteiger partial charge >= 0.3 is 0 Å². The van der Waals surface area contributed by atoms with Crippen molar-refractivity contribution >= 4 is 5.91 Å². The highest BCUT2D eigenvalue weighted by molar-refractivity contribution is 5.94. The number of hydrogen-bond acceptors (Lipinski definition) is 3. The molecule has 0 bridgehead atoms. The summed E-state index contributed by atoms with van der Waals surface area (Å²) in [6.07, 6.45) is 3.17. The van der Waals surface area contributed by atoms with Crippen molar-refractivity contribution in [3.05, 3.63) is 59.7 Å². The van der Waals surface area contributed by atoms with Crippen molar-refractivity contribution in [1.29, 1.82) is 0 Å². The highest BCUT2D eigenvalue weighted by Gasteiger charge is 2.34. The molecule has 1 N–H and O–H groups in total. The largest absolute Gasteiger partial charge is 0.508 e. The summed E-state index contributed by atoms with van der Waals surface area (Å²) in [5.41, 5.74) is 0.809. The molecule has 0 unspecified atom stereocenters. The third kappa shape index (κ3) is 3.02. The summed E-state index contributed by atoms with van der Waals surface area (Å²) in [4.78, 5) is 17.7. The quantitative estimate of drug-likeness (QED) is 0.879. The standard InChI is InChI=1S/C16H15FN2O2/c17-15-14(5-2-8-18-15)16(21)19(12-6-7-12)10-11-3-1-4-13(20)9-11/h1-5,8-9,12,20H,6-7,10H2. The van der Waals surface area contributed by atoms with Crippen LogP contribution in [-0.4, -0.2) is 26.9 Å². The van der Waals surface area contributed by atoms with Gasteiger partial charge in [0.15, 0.2) is 0 Å². The van der Waals surface area contributed by atoms with Gasteiger partial charge in [0.2, 0.25) is 5.95 Å². The molecule has 1 aliphatic carbocycles. The fourth-order valence-corrected chi connectivity index (χ4v) is 2.30. The number of nitrogens with zero attached hydrogens (tertiary/aromatic N) is 2. The molecule has 1 amide bonds. The van der Waals surface area contributed by atoms with E-state index in [9.17, 15) is 14.3 Å². The zero-order chi connectivity index (χ0) is 14.8. The van der Waals surface area contributed by atoms with Crippen LogP contribution in [0.3, 0.4) is 0 Å². The van der Waals surface area contributed by atoms with E-state index in [1.807, 2.05) is 6.07 Å². The van der Waals surface area contributed by atoms with Crippen molar-refractivity contribution in [1.82, 2.24) is 9.88 Å². The van der Waals surface area contributed by atoms with Gasteiger partial charge in [0.25, 0.3) is 5.91 Å². The maximum Gasteiger partial charge on any atom is 0.259 e. The van der Waals surface area contributed by atoms with E-state index in [-0.39, 0.29) is 23.3 Å². The summed E-state index contributed by atoms with van der Waals surface area (Å²) < 4.78 is 13.7. The molecule has 0 radical (unpaired) electrons. The van der Waals surface area contributed by atoms with Gasteiger partial charge in [-0.05, 0) is 42.7 Å². The minimum atomic E-state index is -0.746. The molecule has 1 heterocycles. The molecule has 1 aliphatic rings. The normalized spacial score (nSPS) is 14.0. The fourth-order valence-electron chi connectivity index (χ4n) is 2.30. The Morgan fingerprint density at radius 3 is 2.81 bits per heavy atom. The number of amides is 1. The average molecular weight is 286 g/mol. The van der Waals surface area contributed by atoms with Gasteiger partial charge in [-0.3, -0.25) is 4.79 Å². The van der Waals surface area contributed by atoms with Crippen LogP contribution in [0.4, 0.5) is 4.39 Å². The van der Waals surface area contributed by atoms with E-state index in [2.05, 4.69) is 4.98 Å². The minimum absolute atomic E-state index is 0.00967. The first kappa shape index (κ1) is 13.5. The highest BCUT2D eigenvalue weighted by atomic mass is 19.1. The van der Waals surface area contributed by atoms with Gasteiger partial charge in [0.1, 0.15) is 5.75 Å². The molecule has 1 saturated carbocycles. The summed E-state index contributed by atoms with van der Waals surface area (Å²) in [5.74, 6) is -0.946. The van der Waals surface area contributed by atoms with Crippen LogP contribution in [0.1, 0.15) is 28.8 Å². The van der Waals surface area contributed by atoms with Gasteiger partial charge in [-0.25, -0.2) is 4.98 Å². The van der Waals surface area contributed by atoms with E-state index in [4.69, 9.17) is 0 Å². The summed E-state index contributed by atoms with van der Waals surface area (Å²) in [5, 5.41) is 9.51. The van der Waals surface area contributed by atoms with Crippen LogP contribution >= 0.6 is 0 Å². The molecular weight excluding hydrogens is 271 g/mol. The fraction of sp³-hybridized carbons (Fsp3) is 0.250. The Labute approximate surface area is 121 Å². The van der Waals surface area contributed by atoms with Crippen LogP contribution in [0, 0.1) is 5.95 Å². The number of rotatable bonds is 4. The van der Waals surface area contributed by atoms with Crippen LogP contribution in [0.5, 0.6) is 5.75 Å². The molecule has 1 fully saturated rings. The zero-order valence-corrected chi connectivity index (χ0v) is 11.4. The predicted octanol–water partition coefficient (Wildman–Crippen LogP) is 2.73. The first-order chi connectivity index (χ1) is 10.1. The van der Waals surface area contributed by atoms with E-state index in [1.54, 1.807) is 29.2 Å². The second-order valence-electron chi connectivity index (χ2n) is 5.18. The van der Waals surface area contributed by atoms with Crippen LogP contribution in [-0.2, 0) is 6.54 Å². The Morgan fingerprint density at radius 2 is 2.14 bits per heavy atom. The first-order valence-electron chi connectivity index (χ1n) is 6.84. The molecule has 2 aromatic rings. The van der Waals surface area contributed by atoms with E-state index >= 15 is 0 Å². The number of carbonyl (C=O) groups is 1. The summed E-state index contributed by atoms with van der Waals surface area (Å²) >= 11 is 0. The third-order valence-corrected chi connectivity index (χ3v) is 3.50. The number of aromatic nitrogens is 1. The number of hydrogen-bond donors (Lipinski definition) is 1. The smallest absolute Gasteiger partial charge is 0.259 e. The Balaban J connectivity index is 1.85. The molecule has 0 spiro atoms. The van der Waals surface area contributed by atoms with Crippen molar-refractivity contribution in [3.63, 3.8) is 0 Å². The molecule has 5 heteroatoms. The van der Waals surface area contributed by atoms with Crippen LogP contribution < -0.4 is 0 Å². The Bertz CT molecular complexity index is 671. The maximum atomic E-state index is 13.7. The maximum absolute atomic E-state index is 13.7. The first-order valence-corrected chi connectivity index (χ1v) is 6.84. The number of carbonyl (C=O) groups excluding carboxylic acids is 1. The van der Waals surface area contributed by atoms with Crippen molar-refractivity contribution in [3.8, 4) is 5.75 Å². The minimum Gasteiger partial charge on any atom is -0.508 e. The SMILES string of the molecule is O=C(c1cccnc1F)N(Cc1cccc(O)c1)C1CC1. The van der Waals surface area contributed by atoms with E-state index in [0.29, 0.717) is 6.54 Å². The molecule has 0 saturated heterocycles. The lowest BCUT2D eigenvalue weighted by molar-refractivity contribution is 0.0724. The number of benzene rings is 1. The van der Waals surface area contributed by atoms with Crippen LogP contribution in [0.15, 0.2) is 42.6 Å².